The van der Waals surface area contributed by atoms with Gasteiger partial charge in [-0.3, -0.25) is 19.5 Å². The lowest BCUT2D eigenvalue weighted by Gasteiger charge is -2.23. The van der Waals surface area contributed by atoms with Crippen molar-refractivity contribution >= 4 is 55.7 Å². The average Bonchev–Trinajstić information content (AvgIpc) is 3.37. The highest BCUT2D eigenvalue weighted by Crippen LogP contribution is 2.45. The van der Waals surface area contributed by atoms with Crippen molar-refractivity contribution in [2.24, 2.45) is 0 Å². The Labute approximate surface area is 197 Å². The number of ketones is 1. The summed E-state index contributed by atoms with van der Waals surface area (Å²) < 4.78 is 6.23. The van der Waals surface area contributed by atoms with E-state index in [9.17, 15) is 14.7 Å². The van der Waals surface area contributed by atoms with E-state index in [1.807, 2.05) is 24.3 Å². The lowest BCUT2D eigenvalue weighted by atomic mass is 9.96. The second kappa shape index (κ2) is 8.31. The summed E-state index contributed by atoms with van der Waals surface area (Å²) in [7, 11) is 1.44. The number of nitrogens with zero attached hydrogens (tertiary/aromatic N) is 3. The summed E-state index contributed by atoms with van der Waals surface area (Å²) >= 11 is 7.44. The van der Waals surface area contributed by atoms with Crippen molar-refractivity contribution in [2.75, 3.05) is 12.0 Å². The number of fused-ring (bicyclic) bond motifs is 1. The molecule has 1 N–H and O–H groups in total. The number of hydrogen-bond acceptors (Lipinski definition) is 7. The van der Waals surface area contributed by atoms with Crippen LogP contribution in [0.1, 0.15) is 17.2 Å². The van der Waals surface area contributed by atoms with Gasteiger partial charge in [-0.05, 0) is 48.0 Å². The van der Waals surface area contributed by atoms with E-state index in [2.05, 4.69) is 9.97 Å². The van der Waals surface area contributed by atoms with Gasteiger partial charge < -0.3 is 9.84 Å². The van der Waals surface area contributed by atoms with Gasteiger partial charge in [0.1, 0.15) is 11.5 Å². The van der Waals surface area contributed by atoms with Crippen molar-refractivity contribution < 1.29 is 19.4 Å². The van der Waals surface area contributed by atoms with Crippen LogP contribution in [-0.4, -0.2) is 33.9 Å². The minimum atomic E-state index is -0.905. The largest absolute Gasteiger partial charge is 0.507 e. The Kier molecular flexibility index (Phi) is 5.32. The van der Waals surface area contributed by atoms with Crippen LogP contribution in [0.25, 0.3) is 16.0 Å². The van der Waals surface area contributed by atoms with Crippen LogP contribution in [0.5, 0.6) is 5.75 Å². The molecule has 4 aromatic rings. The molecule has 33 heavy (non-hydrogen) atoms. The Morgan fingerprint density at radius 2 is 1.88 bits per heavy atom. The average molecular weight is 478 g/mol. The number of methoxy groups -OCH3 is 1. The fourth-order valence-electron chi connectivity index (χ4n) is 3.86. The fourth-order valence-corrected chi connectivity index (χ4v) is 5.03. The van der Waals surface area contributed by atoms with Gasteiger partial charge in [0.15, 0.2) is 5.13 Å². The molecule has 5 rings (SSSR count). The second-order valence-electron chi connectivity index (χ2n) is 7.26. The molecule has 9 heteroatoms. The van der Waals surface area contributed by atoms with E-state index in [4.69, 9.17) is 16.3 Å². The monoisotopic (exact) mass is 477 g/mol. The smallest absolute Gasteiger partial charge is 0.301 e. The predicted octanol–water partition coefficient (Wildman–Crippen LogP) is 4.98. The molecule has 1 unspecified atom stereocenters. The number of aliphatic hydroxyl groups is 1. The van der Waals surface area contributed by atoms with Crippen molar-refractivity contribution in [3.8, 4) is 5.75 Å². The Hall–Kier alpha value is -3.75. The lowest BCUT2D eigenvalue weighted by Crippen LogP contribution is -2.29. The molecule has 1 aliphatic heterocycles. The number of ether oxygens (including phenoxy) is 1. The Bertz CT molecular complexity index is 1400. The molecule has 1 aliphatic rings. The summed E-state index contributed by atoms with van der Waals surface area (Å²) in [5, 5.41) is 12.0. The first-order chi connectivity index (χ1) is 16.0. The molecule has 0 radical (unpaired) electrons. The quantitative estimate of drug-likeness (QED) is 0.253. The van der Waals surface area contributed by atoms with Gasteiger partial charge >= 0.3 is 5.91 Å². The molecule has 2 aromatic heterocycles. The molecule has 0 spiro atoms. The molecule has 1 fully saturated rings. The third-order valence-corrected chi connectivity index (χ3v) is 6.64. The zero-order chi connectivity index (χ0) is 23.1. The second-order valence-corrected chi connectivity index (χ2v) is 8.70. The molecule has 1 atom stereocenters. The summed E-state index contributed by atoms with van der Waals surface area (Å²) in [4.78, 5) is 36.5. The molecular formula is C24H16ClN3O4S. The number of thiazole rings is 1. The van der Waals surface area contributed by atoms with Crippen molar-refractivity contribution in [2.45, 2.75) is 6.04 Å². The van der Waals surface area contributed by atoms with Crippen LogP contribution in [0.4, 0.5) is 5.13 Å². The van der Waals surface area contributed by atoms with Crippen LogP contribution in [0.2, 0.25) is 5.02 Å². The van der Waals surface area contributed by atoms with Crippen LogP contribution in [0, 0.1) is 0 Å². The number of benzene rings is 2. The number of para-hydroxylation sites is 1. The summed E-state index contributed by atoms with van der Waals surface area (Å²) in [6, 6.07) is 14.6. The minimum absolute atomic E-state index is 0.0778. The number of halogens is 1. The van der Waals surface area contributed by atoms with Gasteiger partial charge in [-0.15, -0.1) is 0 Å². The van der Waals surface area contributed by atoms with Gasteiger partial charge in [-0.1, -0.05) is 35.1 Å². The number of carbonyl (C=O) groups is 2. The molecule has 0 bridgehead atoms. The summed E-state index contributed by atoms with van der Waals surface area (Å²) in [5.74, 6) is -1.66. The topological polar surface area (TPSA) is 92.6 Å². The zero-order valence-corrected chi connectivity index (χ0v) is 18.8. The number of anilines is 1. The van der Waals surface area contributed by atoms with E-state index in [0.29, 0.717) is 27.0 Å². The zero-order valence-electron chi connectivity index (χ0n) is 17.2. The number of hydrogen-bond donors (Lipinski definition) is 1. The number of rotatable bonds is 4. The van der Waals surface area contributed by atoms with Gasteiger partial charge in [0, 0.05) is 17.4 Å². The van der Waals surface area contributed by atoms with Crippen LogP contribution in [0.3, 0.4) is 0 Å². The molecule has 164 valence electrons. The highest BCUT2D eigenvalue weighted by Gasteiger charge is 2.48. The summed E-state index contributed by atoms with van der Waals surface area (Å²) in [5.41, 5.74) is 1.45. The number of amides is 1. The van der Waals surface area contributed by atoms with Gasteiger partial charge in [0.25, 0.3) is 5.78 Å². The Morgan fingerprint density at radius 3 is 2.61 bits per heavy atom. The highest BCUT2D eigenvalue weighted by molar-refractivity contribution is 7.22. The number of carbonyl (C=O) groups excluding carboxylic acids is 2. The van der Waals surface area contributed by atoms with Crippen molar-refractivity contribution in [3.05, 3.63) is 88.7 Å². The van der Waals surface area contributed by atoms with Gasteiger partial charge in [0.2, 0.25) is 0 Å². The molecule has 1 amide bonds. The lowest BCUT2D eigenvalue weighted by molar-refractivity contribution is -0.132. The molecule has 3 heterocycles. The van der Waals surface area contributed by atoms with E-state index in [0.717, 1.165) is 4.70 Å². The van der Waals surface area contributed by atoms with E-state index in [1.54, 1.807) is 36.7 Å². The van der Waals surface area contributed by atoms with Crippen LogP contribution >= 0.6 is 22.9 Å². The first-order valence-corrected chi connectivity index (χ1v) is 11.1. The van der Waals surface area contributed by atoms with Gasteiger partial charge in [0.05, 0.1) is 34.5 Å². The maximum absolute atomic E-state index is 13.3. The third-order valence-electron chi connectivity index (χ3n) is 5.37. The van der Waals surface area contributed by atoms with Crippen LogP contribution in [-0.2, 0) is 9.59 Å². The van der Waals surface area contributed by atoms with Crippen molar-refractivity contribution in [1.82, 2.24) is 9.97 Å². The maximum atomic E-state index is 13.3. The molecule has 2 aromatic carbocycles. The summed E-state index contributed by atoms with van der Waals surface area (Å²) in [6.45, 7) is 0. The van der Waals surface area contributed by atoms with E-state index < -0.39 is 17.7 Å². The fraction of sp³-hybridized carbons (Fsp3) is 0.0833. The molecule has 1 saturated heterocycles. The van der Waals surface area contributed by atoms with E-state index in [1.165, 1.54) is 29.4 Å². The first kappa shape index (κ1) is 21.1. The normalized spacial score (nSPS) is 17.6. The standard InChI is InChI=1S/C24H16ClN3O4S/c1-32-17-7-6-14(25)12-15(17)21(29)19-20(13-8-10-26-11-9-13)28(23(31)22(19)30)24-27-16-4-2-3-5-18(16)33-24/h2-12,20,29H,1H3/b21-19+. The van der Waals surface area contributed by atoms with Crippen molar-refractivity contribution in [1.29, 1.82) is 0 Å². The van der Waals surface area contributed by atoms with Gasteiger partial charge in [-0.25, -0.2) is 4.98 Å². The SMILES string of the molecule is COc1ccc(Cl)cc1/C(O)=C1\C(=O)C(=O)N(c2nc3ccccc3s2)C1c1ccncc1. The molecule has 0 aliphatic carbocycles. The minimum Gasteiger partial charge on any atom is -0.507 e. The first-order valence-electron chi connectivity index (χ1n) is 9.90. The van der Waals surface area contributed by atoms with Crippen LogP contribution in [0.15, 0.2) is 72.6 Å². The third kappa shape index (κ3) is 3.53. The van der Waals surface area contributed by atoms with E-state index >= 15 is 0 Å². The Morgan fingerprint density at radius 1 is 1.12 bits per heavy atom. The predicted molar refractivity (Wildman–Crippen MR) is 127 cm³/mol. The van der Waals surface area contributed by atoms with Gasteiger partial charge in [-0.2, -0.15) is 0 Å². The molecule has 7 nitrogen and oxygen atoms in total. The number of aliphatic hydroxyl groups excluding tert-OH is 1. The van der Waals surface area contributed by atoms with E-state index in [-0.39, 0.29) is 16.9 Å². The number of pyridine rings is 1. The van der Waals surface area contributed by atoms with Crippen LogP contribution < -0.4 is 9.64 Å². The highest BCUT2D eigenvalue weighted by atomic mass is 35.5. The molecular weight excluding hydrogens is 462 g/mol. The Balaban J connectivity index is 1.76. The maximum Gasteiger partial charge on any atom is 0.301 e. The summed E-state index contributed by atoms with van der Waals surface area (Å²) in [6.07, 6.45) is 3.13. The molecule has 0 saturated carbocycles. The number of aromatic nitrogens is 2. The number of Topliss-reactive ketones (excluding diaryl/α,β-unsaturated/α-hetero) is 1. The van der Waals surface area contributed by atoms with Crippen molar-refractivity contribution in [3.63, 3.8) is 0 Å².